The smallest absolute Gasteiger partial charge is 0.306 e. The van der Waals surface area contributed by atoms with Crippen LogP contribution >= 0.6 is 0 Å². The van der Waals surface area contributed by atoms with E-state index in [0.717, 1.165) is 11.3 Å². The molecule has 1 aromatic carbocycles. The molecule has 1 amide bonds. The van der Waals surface area contributed by atoms with Crippen molar-refractivity contribution < 1.29 is 19.4 Å². The van der Waals surface area contributed by atoms with E-state index in [9.17, 15) is 9.59 Å². The van der Waals surface area contributed by atoms with Gasteiger partial charge in [-0.05, 0) is 43.9 Å². The minimum absolute atomic E-state index is 0.0536. The first-order valence-electron chi connectivity index (χ1n) is 7.18. The summed E-state index contributed by atoms with van der Waals surface area (Å²) in [6, 6.07) is 7.44. The number of hydrogen-bond donors (Lipinski definition) is 2. The van der Waals surface area contributed by atoms with E-state index in [1.54, 1.807) is 7.11 Å². The summed E-state index contributed by atoms with van der Waals surface area (Å²) < 4.78 is 5.10. The van der Waals surface area contributed by atoms with E-state index in [0.29, 0.717) is 19.3 Å². The lowest BCUT2D eigenvalue weighted by atomic mass is 10.0. The maximum atomic E-state index is 12.2. The van der Waals surface area contributed by atoms with Crippen LogP contribution in [0, 0.1) is 11.8 Å². The van der Waals surface area contributed by atoms with E-state index in [-0.39, 0.29) is 23.8 Å². The van der Waals surface area contributed by atoms with Crippen molar-refractivity contribution in [3.8, 4) is 5.75 Å². The fourth-order valence-corrected chi connectivity index (χ4v) is 2.75. The second-order valence-corrected chi connectivity index (χ2v) is 5.55. The van der Waals surface area contributed by atoms with Gasteiger partial charge in [-0.15, -0.1) is 0 Å². The summed E-state index contributed by atoms with van der Waals surface area (Å²) in [5.74, 6) is -0.642. The molecule has 1 aliphatic rings. The molecule has 1 unspecified atom stereocenters. The third kappa shape index (κ3) is 3.74. The maximum Gasteiger partial charge on any atom is 0.306 e. The van der Waals surface area contributed by atoms with Gasteiger partial charge in [0, 0.05) is 5.92 Å². The number of rotatable bonds is 5. The number of nitrogens with one attached hydrogen (secondary N) is 1. The molecule has 0 radical (unpaired) electrons. The molecule has 3 atom stereocenters. The van der Waals surface area contributed by atoms with Crippen LogP contribution in [0.2, 0.25) is 0 Å². The van der Waals surface area contributed by atoms with Crippen LogP contribution in [0.5, 0.6) is 5.75 Å². The van der Waals surface area contributed by atoms with Gasteiger partial charge in [0.15, 0.2) is 0 Å². The summed E-state index contributed by atoms with van der Waals surface area (Å²) in [5.41, 5.74) is 0.997. The number of carboxylic acid groups (broad SMARTS) is 1. The molecule has 21 heavy (non-hydrogen) atoms. The molecule has 2 rings (SSSR count). The zero-order chi connectivity index (χ0) is 15.4. The molecule has 1 aromatic rings. The van der Waals surface area contributed by atoms with E-state index >= 15 is 0 Å². The largest absolute Gasteiger partial charge is 0.497 e. The van der Waals surface area contributed by atoms with Gasteiger partial charge < -0.3 is 15.2 Å². The van der Waals surface area contributed by atoms with E-state index in [4.69, 9.17) is 9.84 Å². The number of benzene rings is 1. The lowest BCUT2D eigenvalue weighted by molar-refractivity contribution is -0.141. The van der Waals surface area contributed by atoms with Crippen molar-refractivity contribution in [3.05, 3.63) is 29.8 Å². The predicted octanol–water partition coefficient (Wildman–Crippen LogP) is 2.37. The molecule has 114 valence electrons. The first kappa shape index (κ1) is 15.4. The first-order chi connectivity index (χ1) is 10.0. The Hall–Kier alpha value is -2.04. The summed E-state index contributed by atoms with van der Waals surface area (Å²) >= 11 is 0. The second-order valence-electron chi connectivity index (χ2n) is 5.55. The second kappa shape index (κ2) is 6.61. The van der Waals surface area contributed by atoms with Gasteiger partial charge in [-0.25, -0.2) is 0 Å². The van der Waals surface area contributed by atoms with Crippen LogP contribution in [0.15, 0.2) is 24.3 Å². The fourth-order valence-electron chi connectivity index (χ4n) is 2.75. The average molecular weight is 291 g/mol. The molecule has 5 heteroatoms. The molecule has 0 aliphatic heterocycles. The van der Waals surface area contributed by atoms with E-state index in [1.165, 1.54) is 0 Å². The fraction of sp³-hybridized carbons (Fsp3) is 0.500. The Morgan fingerprint density at radius 3 is 2.38 bits per heavy atom. The number of methoxy groups -OCH3 is 1. The normalized spacial score (nSPS) is 22.6. The number of hydrogen-bond acceptors (Lipinski definition) is 3. The molecule has 0 bridgehead atoms. The summed E-state index contributed by atoms with van der Waals surface area (Å²) in [4.78, 5) is 23.1. The van der Waals surface area contributed by atoms with Gasteiger partial charge in [0.1, 0.15) is 5.75 Å². The number of carbonyl (C=O) groups excluding carboxylic acids is 1. The van der Waals surface area contributed by atoms with Gasteiger partial charge in [0.05, 0.1) is 19.1 Å². The molecule has 1 aliphatic carbocycles. The lowest BCUT2D eigenvalue weighted by Gasteiger charge is -2.17. The van der Waals surface area contributed by atoms with Gasteiger partial charge >= 0.3 is 5.97 Å². The highest BCUT2D eigenvalue weighted by Gasteiger charge is 2.34. The van der Waals surface area contributed by atoms with Gasteiger partial charge in [0.25, 0.3) is 0 Å². The Kier molecular flexibility index (Phi) is 4.83. The molecule has 5 nitrogen and oxygen atoms in total. The highest BCUT2D eigenvalue weighted by Crippen LogP contribution is 2.31. The highest BCUT2D eigenvalue weighted by atomic mass is 16.5. The van der Waals surface area contributed by atoms with E-state index in [2.05, 4.69) is 5.32 Å². The van der Waals surface area contributed by atoms with Gasteiger partial charge in [0.2, 0.25) is 5.91 Å². The number of aliphatic carboxylic acids is 1. The molecular formula is C16H21NO4. The number of ether oxygens (including phenoxy) is 1. The van der Waals surface area contributed by atoms with Crippen LogP contribution < -0.4 is 10.1 Å². The monoisotopic (exact) mass is 291 g/mol. The topological polar surface area (TPSA) is 75.6 Å². The molecule has 0 aromatic heterocycles. The summed E-state index contributed by atoms with van der Waals surface area (Å²) in [7, 11) is 1.61. The summed E-state index contributed by atoms with van der Waals surface area (Å²) in [5, 5.41) is 11.9. The van der Waals surface area contributed by atoms with Crippen LogP contribution in [0.1, 0.15) is 37.8 Å². The molecule has 1 fully saturated rings. The van der Waals surface area contributed by atoms with Crippen molar-refractivity contribution in [1.82, 2.24) is 5.32 Å². The Morgan fingerprint density at radius 1 is 1.24 bits per heavy atom. The number of amides is 1. The third-order valence-electron chi connectivity index (χ3n) is 4.13. The van der Waals surface area contributed by atoms with E-state index in [1.807, 2.05) is 31.2 Å². The zero-order valence-electron chi connectivity index (χ0n) is 12.3. The Balaban J connectivity index is 1.91. The Morgan fingerprint density at radius 2 is 1.86 bits per heavy atom. The molecule has 2 N–H and O–H groups in total. The first-order valence-corrected chi connectivity index (χ1v) is 7.18. The molecule has 0 spiro atoms. The minimum atomic E-state index is -0.798. The third-order valence-corrected chi connectivity index (χ3v) is 4.13. The number of carboxylic acids is 1. The standard InChI is InChI=1S/C16H21NO4/c1-10(11-5-7-14(21-2)8-6-11)17-15(18)12-3-4-13(9-12)16(19)20/h5-8,10,12-13H,3-4,9H2,1-2H3,(H,17,18)(H,19,20)/t10?,12-,13+/m1/s1. The zero-order valence-corrected chi connectivity index (χ0v) is 12.3. The van der Waals surface area contributed by atoms with Crippen molar-refractivity contribution in [3.63, 3.8) is 0 Å². The predicted molar refractivity (Wildman–Crippen MR) is 78.0 cm³/mol. The maximum absolute atomic E-state index is 12.2. The van der Waals surface area contributed by atoms with Crippen LogP contribution in [-0.4, -0.2) is 24.1 Å². The van der Waals surface area contributed by atoms with Crippen LogP contribution in [-0.2, 0) is 9.59 Å². The van der Waals surface area contributed by atoms with Gasteiger partial charge in [-0.1, -0.05) is 12.1 Å². The van der Waals surface area contributed by atoms with Gasteiger partial charge in [-0.2, -0.15) is 0 Å². The molecular weight excluding hydrogens is 270 g/mol. The minimum Gasteiger partial charge on any atom is -0.497 e. The lowest BCUT2D eigenvalue weighted by Crippen LogP contribution is -2.32. The van der Waals surface area contributed by atoms with Crippen LogP contribution in [0.25, 0.3) is 0 Å². The van der Waals surface area contributed by atoms with Crippen LogP contribution in [0.3, 0.4) is 0 Å². The van der Waals surface area contributed by atoms with Crippen molar-refractivity contribution in [2.24, 2.45) is 11.8 Å². The summed E-state index contributed by atoms with van der Waals surface area (Å²) in [6.45, 7) is 1.92. The van der Waals surface area contributed by atoms with Crippen molar-refractivity contribution in [2.75, 3.05) is 7.11 Å². The Bertz CT molecular complexity index is 512. The van der Waals surface area contributed by atoms with Crippen molar-refractivity contribution >= 4 is 11.9 Å². The summed E-state index contributed by atoms with van der Waals surface area (Å²) in [6.07, 6.45) is 1.68. The Labute approximate surface area is 124 Å². The molecule has 1 saturated carbocycles. The van der Waals surface area contributed by atoms with Crippen LogP contribution in [0.4, 0.5) is 0 Å². The SMILES string of the molecule is COc1ccc(C(C)NC(=O)[C@@H]2CC[C@H](C(=O)O)C2)cc1. The van der Waals surface area contributed by atoms with Gasteiger partial charge in [-0.3, -0.25) is 9.59 Å². The molecule has 0 heterocycles. The quantitative estimate of drug-likeness (QED) is 0.873. The average Bonchev–Trinajstić information content (AvgIpc) is 2.97. The van der Waals surface area contributed by atoms with Crippen molar-refractivity contribution in [2.45, 2.75) is 32.2 Å². The van der Waals surface area contributed by atoms with Crippen molar-refractivity contribution in [1.29, 1.82) is 0 Å². The number of carbonyl (C=O) groups is 2. The molecule has 0 saturated heterocycles. The van der Waals surface area contributed by atoms with E-state index < -0.39 is 5.97 Å². The highest BCUT2D eigenvalue weighted by molar-refractivity contribution is 5.81.